The van der Waals surface area contributed by atoms with Crippen molar-refractivity contribution in [3.63, 3.8) is 0 Å². The van der Waals surface area contributed by atoms with Gasteiger partial charge in [0.15, 0.2) is 0 Å². The molecule has 0 atom stereocenters. The molecular weight excluding hydrogens is 492 g/mol. The summed E-state index contributed by atoms with van der Waals surface area (Å²) in [5.74, 6) is 0.0709. The van der Waals surface area contributed by atoms with E-state index in [0.29, 0.717) is 17.1 Å². The van der Waals surface area contributed by atoms with Gasteiger partial charge in [-0.2, -0.15) is 0 Å². The lowest BCUT2D eigenvalue weighted by atomic mass is 10.2. The zero-order chi connectivity index (χ0) is 25.1. The highest BCUT2D eigenvalue weighted by Gasteiger charge is 2.27. The standard InChI is InChI=1S/C24H20N2O7S2/c25-35(30,31)21-11-8-17(9-12-21)22-13-10-18(33-22)15-23(24(27)26-16-19-5-4-14-32-19)34(28,29)20-6-2-1-3-7-20/h1-15H,16H2,(H,26,27)(H2,25,30,31). The van der Waals surface area contributed by atoms with Gasteiger partial charge in [0.05, 0.1) is 22.6 Å². The summed E-state index contributed by atoms with van der Waals surface area (Å²) in [6.45, 7) is -0.00666. The third kappa shape index (κ3) is 5.60. The summed E-state index contributed by atoms with van der Waals surface area (Å²) in [6.07, 6.45) is 2.58. The second kappa shape index (κ2) is 9.74. The number of hydrogen-bond acceptors (Lipinski definition) is 7. The molecule has 0 aliphatic carbocycles. The minimum Gasteiger partial charge on any atom is -0.467 e. The van der Waals surface area contributed by atoms with E-state index < -0.39 is 30.7 Å². The number of nitrogens with two attached hydrogens (primary N) is 1. The number of nitrogens with one attached hydrogen (secondary N) is 1. The van der Waals surface area contributed by atoms with E-state index in [0.717, 1.165) is 6.08 Å². The first-order chi connectivity index (χ1) is 16.6. The second-order valence-corrected chi connectivity index (χ2v) is 10.8. The Kier molecular flexibility index (Phi) is 6.74. The van der Waals surface area contributed by atoms with E-state index >= 15 is 0 Å². The molecule has 2 aromatic carbocycles. The van der Waals surface area contributed by atoms with E-state index in [-0.39, 0.29) is 22.1 Å². The van der Waals surface area contributed by atoms with Crippen molar-refractivity contribution in [2.75, 3.05) is 0 Å². The van der Waals surface area contributed by atoms with E-state index in [4.69, 9.17) is 14.0 Å². The number of benzene rings is 2. The Morgan fingerprint density at radius 3 is 2.20 bits per heavy atom. The number of carbonyl (C=O) groups is 1. The fourth-order valence-electron chi connectivity index (χ4n) is 3.18. The molecule has 0 aliphatic rings. The number of sulfonamides is 1. The average Bonchev–Trinajstić information content (AvgIpc) is 3.53. The lowest BCUT2D eigenvalue weighted by Gasteiger charge is -2.09. The van der Waals surface area contributed by atoms with Crippen molar-refractivity contribution in [1.29, 1.82) is 0 Å². The van der Waals surface area contributed by atoms with Gasteiger partial charge in [-0.3, -0.25) is 4.79 Å². The number of rotatable bonds is 8. The summed E-state index contributed by atoms with van der Waals surface area (Å²) >= 11 is 0. The molecule has 11 heteroatoms. The maximum absolute atomic E-state index is 13.3. The molecule has 180 valence electrons. The van der Waals surface area contributed by atoms with Crippen LogP contribution in [-0.4, -0.2) is 22.7 Å². The molecule has 0 saturated heterocycles. The van der Waals surface area contributed by atoms with Crippen molar-refractivity contribution in [1.82, 2.24) is 5.32 Å². The minimum absolute atomic E-state index is 0.00666. The minimum atomic E-state index is -4.19. The van der Waals surface area contributed by atoms with Crippen molar-refractivity contribution in [2.45, 2.75) is 16.3 Å². The third-order valence-corrected chi connectivity index (χ3v) is 7.64. The lowest BCUT2D eigenvalue weighted by Crippen LogP contribution is -2.28. The highest BCUT2D eigenvalue weighted by molar-refractivity contribution is 7.96. The lowest BCUT2D eigenvalue weighted by molar-refractivity contribution is -0.117. The number of sulfone groups is 1. The molecule has 1 amide bonds. The fraction of sp³-hybridized carbons (Fsp3) is 0.0417. The molecule has 2 aromatic heterocycles. The average molecular weight is 513 g/mol. The predicted molar refractivity (Wildman–Crippen MR) is 128 cm³/mol. The summed E-state index contributed by atoms with van der Waals surface area (Å²) in [4.78, 5) is 12.3. The van der Waals surface area contributed by atoms with Crippen LogP contribution in [0.1, 0.15) is 11.5 Å². The Labute approximate surface area is 201 Å². The van der Waals surface area contributed by atoms with Crippen LogP contribution < -0.4 is 10.5 Å². The number of hydrogen-bond donors (Lipinski definition) is 2. The first kappa shape index (κ1) is 24.2. The summed E-state index contributed by atoms with van der Waals surface area (Å²) in [5, 5.41) is 7.67. The van der Waals surface area contributed by atoms with Crippen LogP contribution in [-0.2, 0) is 31.2 Å². The highest BCUT2D eigenvalue weighted by atomic mass is 32.2. The quantitative estimate of drug-likeness (QED) is 0.344. The summed E-state index contributed by atoms with van der Waals surface area (Å²) in [6, 6.07) is 19.6. The first-order valence-corrected chi connectivity index (χ1v) is 13.2. The zero-order valence-corrected chi connectivity index (χ0v) is 19.8. The van der Waals surface area contributed by atoms with Gasteiger partial charge in [-0.25, -0.2) is 22.0 Å². The fourth-order valence-corrected chi connectivity index (χ4v) is 5.06. The van der Waals surface area contributed by atoms with Crippen LogP contribution in [0.15, 0.2) is 109 Å². The van der Waals surface area contributed by atoms with Crippen molar-refractivity contribution >= 4 is 31.8 Å². The predicted octanol–water partition coefficient (Wildman–Crippen LogP) is 3.32. The van der Waals surface area contributed by atoms with Gasteiger partial charge >= 0.3 is 0 Å². The van der Waals surface area contributed by atoms with Gasteiger partial charge < -0.3 is 14.2 Å². The monoisotopic (exact) mass is 512 g/mol. The molecule has 0 bridgehead atoms. The van der Waals surface area contributed by atoms with Crippen LogP contribution in [0.3, 0.4) is 0 Å². The van der Waals surface area contributed by atoms with Gasteiger partial charge in [0.1, 0.15) is 22.2 Å². The van der Waals surface area contributed by atoms with Crippen LogP contribution in [0.4, 0.5) is 0 Å². The van der Waals surface area contributed by atoms with E-state index in [1.54, 1.807) is 36.4 Å². The molecule has 0 aliphatic heterocycles. The molecule has 3 N–H and O–H groups in total. The van der Waals surface area contributed by atoms with Gasteiger partial charge in [0, 0.05) is 11.6 Å². The van der Waals surface area contributed by atoms with Crippen LogP contribution >= 0.6 is 0 Å². The number of primary sulfonamides is 1. The molecule has 0 spiro atoms. The first-order valence-electron chi connectivity index (χ1n) is 10.2. The Hall–Kier alpha value is -3.93. The molecule has 4 aromatic rings. The van der Waals surface area contributed by atoms with Gasteiger partial charge in [-0.15, -0.1) is 0 Å². The molecule has 0 fully saturated rings. The smallest absolute Gasteiger partial charge is 0.263 e. The number of furan rings is 2. The van der Waals surface area contributed by atoms with Gasteiger partial charge in [0.2, 0.25) is 19.9 Å². The molecule has 0 unspecified atom stereocenters. The maximum Gasteiger partial charge on any atom is 0.263 e. The Bertz CT molecular complexity index is 1570. The maximum atomic E-state index is 13.3. The van der Waals surface area contributed by atoms with E-state index in [1.807, 2.05) is 0 Å². The summed E-state index contributed by atoms with van der Waals surface area (Å²) in [7, 11) is -8.03. The van der Waals surface area contributed by atoms with Gasteiger partial charge in [-0.1, -0.05) is 18.2 Å². The third-order valence-electron chi connectivity index (χ3n) is 4.94. The van der Waals surface area contributed by atoms with E-state index in [1.165, 1.54) is 48.7 Å². The molecule has 0 radical (unpaired) electrons. The number of carbonyl (C=O) groups excluding carboxylic acids is 1. The highest BCUT2D eigenvalue weighted by Crippen LogP contribution is 2.27. The number of amides is 1. The molecule has 4 rings (SSSR count). The second-order valence-electron chi connectivity index (χ2n) is 7.36. The molecule has 35 heavy (non-hydrogen) atoms. The summed E-state index contributed by atoms with van der Waals surface area (Å²) < 4.78 is 60.4. The normalized spacial score (nSPS) is 12.4. The summed E-state index contributed by atoms with van der Waals surface area (Å²) in [5.41, 5.74) is 0.534. The van der Waals surface area contributed by atoms with E-state index in [2.05, 4.69) is 5.32 Å². The van der Waals surface area contributed by atoms with Crippen LogP contribution in [0.2, 0.25) is 0 Å². The van der Waals surface area contributed by atoms with Crippen molar-refractivity contribution in [3.05, 3.63) is 102 Å². The largest absolute Gasteiger partial charge is 0.467 e. The SMILES string of the molecule is NS(=O)(=O)c1ccc(-c2ccc(C=C(C(=O)NCc3ccco3)S(=O)(=O)c3ccccc3)o2)cc1. The molecule has 0 saturated carbocycles. The Morgan fingerprint density at radius 1 is 0.857 bits per heavy atom. The Morgan fingerprint density at radius 2 is 1.57 bits per heavy atom. The molecular formula is C24H20N2O7S2. The zero-order valence-electron chi connectivity index (χ0n) is 18.1. The van der Waals surface area contributed by atoms with Crippen molar-refractivity contribution < 1.29 is 30.5 Å². The Balaban J connectivity index is 1.68. The van der Waals surface area contributed by atoms with Crippen molar-refractivity contribution in [3.8, 4) is 11.3 Å². The van der Waals surface area contributed by atoms with Crippen molar-refractivity contribution in [2.24, 2.45) is 5.14 Å². The molecule has 2 heterocycles. The topological polar surface area (TPSA) is 150 Å². The van der Waals surface area contributed by atoms with Crippen LogP contribution in [0.25, 0.3) is 17.4 Å². The van der Waals surface area contributed by atoms with Gasteiger partial charge in [-0.05, 0) is 60.7 Å². The van der Waals surface area contributed by atoms with E-state index in [9.17, 15) is 21.6 Å². The van der Waals surface area contributed by atoms with Gasteiger partial charge in [0.25, 0.3) is 5.91 Å². The molecule has 9 nitrogen and oxygen atoms in total. The van der Waals surface area contributed by atoms with Crippen LogP contribution in [0.5, 0.6) is 0 Å². The van der Waals surface area contributed by atoms with Crippen LogP contribution in [0, 0.1) is 0 Å².